The highest BCUT2D eigenvalue weighted by Gasteiger charge is 2.32. The molecular formula is C41H49N7O9. The van der Waals surface area contributed by atoms with Crippen LogP contribution in [0.2, 0.25) is 0 Å². The van der Waals surface area contributed by atoms with Crippen LogP contribution in [0.1, 0.15) is 59.9 Å². The van der Waals surface area contributed by atoms with Gasteiger partial charge < -0.3 is 45.5 Å². The van der Waals surface area contributed by atoms with Gasteiger partial charge in [0.2, 0.25) is 17.7 Å². The third-order valence-electron chi connectivity index (χ3n) is 9.37. The zero-order valence-corrected chi connectivity index (χ0v) is 32.6. The molecular weight excluding hydrogens is 734 g/mol. The summed E-state index contributed by atoms with van der Waals surface area (Å²) in [4.78, 5) is 69.3. The first-order valence-electron chi connectivity index (χ1n) is 18.6. The van der Waals surface area contributed by atoms with Crippen LogP contribution in [0.25, 0.3) is 5.69 Å². The molecule has 3 atom stereocenters. The van der Waals surface area contributed by atoms with E-state index in [1.807, 2.05) is 0 Å². The third-order valence-corrected chi connectivity index (χ3v) is 9.37. The topological polar surface area (TPSA) is 202 Å². The van der Waals surface area contributed by atoms with Crippen LogP contribution >= 0.6 is 0 Å². The molecule has 0 radical (unpaired) electrons. The van der Waals surface area contributed by atoms with Crippen LogP contribution in [-0.4, -0.2) is 101 Å². The van der Waals surface area contributed by atoms with E-state index in [1.165, 1.54) is 26.0 Å². The van der Waals surface area contributed by atoms with Gasteiger partial charge in [-0.3, -0.25) is 24.0 Å². The van der Waals surface area contributed by atoms with Crippen molar-refractivity contribution >= 4 is 29.5 Å². The molecule has 0 unspecified atom stereocenters. The lowest BCUT2D eigenvalue weighted by Gasteiger charge is -2.28. The number of benzene rings is 3. The van der Waals surface area contributed by atoms with Crippen LogP contribution < -0.4 is 35.5 Å². The number of hydrogen-bond acceptors (Lipinski definition) is 10. The minimum absolute atomic E-state index is 0.0772. The van der Waals surface area contributed by atoms with Crippen LogP contribution in [-0.2, 0) is 20.9 Å². The maximum absolute atomic E-state index is 13.8. The highest BCUT2D eigenvalue weighted by Crippen LogP contribution is 2.37. The van der Waals surface area contributed by atoms with Gasteiger partial charge in [0.25, 0.3) is 11.8 Å². The fraction of sp³-hybridized carbons (Fsp3) is 0.366. The third kappa shape index (κ3) is 10.7. The van der Waals surface area contributed by atoms with E-state index in [0.717, 1.165) is 5.69 Å². The zero-order chi connectivity index (χ0) is 41.1. The van der Waals surface area contributed by atoms with Crippen molar-refractivity contribution < 1.29 is 43.3 Å². The quantitative estimate of drug-likeness (QED) is 0.194. The van der Waals surface area contributed by atoms with Crippen molar-refractivity contribution in [2.75, 3.05) is 33.9 Å². The summed E-state index contributed by atoms with van der Waals surface area (Å²) in [7, 11) is 2.95. The van der Waals surface area contributed by atoms with Crippen LogP contribution in [0.4, 0.5) is 0 Å². The molecule has 1 aromatic heterocycles. The first kappa shape index (κ1) is 41.7. The van der Waals surface area contributed by atoms with E-state index in [-0.39, 0.29) is 31.3 Å². The molecule has 1 aliphatic heterocycles. The van der Waals surface area contributed by atoms with Gasteiger partial charge in [0.1, 0.15) is 23.6 Å². The summed E-state index contributed by atoms with van der Waals surface area (Å²) in [5, 5.41) is 25.8. The molecule has 16 nitrogen and oxygen atoms in total. The number of nitrogens with one attached hydrogen (secondary N) is 4. The first-order chi connectivity index (χ1) is 27.4. The Morgan fingerprint density at radius 3 is 2.28 bits per heavy atom. The van der Waals surface area contributed by atoms with Crippen LogP contribution in [0.15, 0.2) is 79.1 Å². The number of nitrogens with zero attached hydrogens (tertiary/aromatic N) is 3. The largest absolute Gasteiger partial charge is 0.496 e. The van der Waals surface area contributed by atoms with E-state index in [1.54, 1.807) is 97.7 Å². The monoisotopic (exact) mass is 783 g/mol. The average molecular weight is 784 g/mol. The Kier molecular flexibility index (Phi) is 14.2. The van der Waals surface area contributed by atoms with Crippen LogP contribution in [0.3, 0.4) is 0 Å². The van der Waals surface area contributed by atoms with Gasteiger partial charge in [0, 0.05) is 36.6 Å². The number of aromatic nitrogens is 2. The molecule has 0 spiro atoms. The number of carbonyl (C=O) groups is 5. The zero-order valence-electron chi connectivity index (χ0n) is 32.6. The normalized spacial score (nSPS) is 18.2. The number of aliphatic hydroxyl groups is 1. The van der Waals surface area contributed by atoms with E-state index in [0.29, 0.717) is 46.8 Å². The summed E-state index contributed by atoms with van der Waals surface area (Å²) in [6.07, 6.45) is 2.92. The van der Waals surface area contributed by atoms with Gasteiger partial charge in [0.15, 0.2) is 11.5 Å². The van der Waals surface area contributed by atoms with E-state index in [4.69, 9.17) is 14.2 Å². The number of hydrogen-bond donors (Lipinski definition) is 5. The molecule has 57 heavy (non-hydrogen) atoms. The minimum Gasteiger partial charge on any atom is -0.496 e. The molecule has 0 saturated heterocycles. The Hall–Kier alpha value is -6.42. The molecule has 4 aromatic rings. The number of rotatable bonds is 6. The Morgan fingerprint density at radius 1 is 0.860 bits per heavy atom. The highest BCUT2D eigenvalue weighted by molar-refractivity contribution is 5.98. The van der Waals surface area contributed by atoms with Crippen LogP contribution in [0.5, 0.6) is 23.0 Å². The van der Waals surface area contributed by atoms with Gasteiger partial charge in [-0.2, -0.15) is 5.10 Å². The summed E-state index contributed by atoms with van der Waals surface area (Å²) >= 11 is 0. The van der Waals surface area contributed by atoms with E-state index in [9.17, 15) is 29.1 Å². The van der Waals surface area contributed by atoms with Gasteiger partial charge in [-0.05, 0) is 86.3 Å². The maximum atomic E-state index is 13.8. The predicted molar refractivity (Wildman–Crippen MR) is 209 cm³/mol. The van der Waals surface area contributed by atoms with Crippen molar-refractivity contribution in [3.8, 4) is 28.7 Å². The molecule has 16 heteroatoms. The summed E-state index contributed by atoms with van der Waals surface area (Å²) in [6.45, 7) is 4.70. The van der Waals surface area contributed by atoms with Gasteiger partial charge in [-0.25, -0.2) is 4.68 Å². The number of aliphatic hydroxyl groups excluding tert-OH is 1. The predicted octanol–water partition coefficient (Wildman–Crippen LogP) is 2.97. The molecule has 5 rings (SSSR count). The summed E-state index contributed by atoms with van der Waals surface area (Å²) in [5.74, 6) is -1.93. The van der Waals surface area contributed by atoms with Crippen molar-refractivity contribution in [1.82, 2.24) is 35.9 Å². The van der Waals surface area contributed by atoms with Crippen molar-refractivity contribution in [1.29, 1.82) is 0 Å². The summed E-state index contributed by atoms with van der Waals surface area (Å²) in [6, 6.07) is 15.8. The minimum atomic E-state index is -1.45. The Bertz CT molecular complexity index is 2030. The summed E-state index contributed by atoms with van der Waals surface area (Å²) < 4.78 is 19.1. The molecule has 302 valence electrons. The van der Waals surface area contributed by atoms with Crippen molar-refractivity contribution in [3.05, 3.63) is 95.8 Å². The van der Waals surface area contributed by atoms with E-state index >= 15 is 0 Å². The SMILES string of the molecule is COc1ccc2cc1Oc1cccc(OC)c1CNC(=O)[C@@H](C(C)C)NC(=O)[C@H]([C@@H](C)O)NC(=O)CN(C(=O)c1ccc(-n3cccn3)cc1)CCCCNC2=O. The van der Waals surface area contributed by atoms with Crippen molar-refractivity contribution in [2.45, 2.75) is 58.3 Å². The fourth-order valence-electron chi connectivity index (χ4n) is 6.23. The van der Waals surface area contributed by atoms with Gasteiger partial charge >= 0.3 is 0 Å². The van der Waals surface area contributed by atoms with Gasteiger partial charge in [0.05, 0.1) is 44.7 Å². The molecule has 5 amide bonds. The second kappa shape index (κ2) is 19.4. The molecule has 3 aromatic carbocycles. The number of amides is 5. The van der Waals surface area contributed by atoms with Gasteiger partial charge in [-0.15, -0.1) is 0 Å². The first-order valence-corrected chi connectivity index (χ1v) is 18.6. The maximum Gasteiger partial charge on any atom is 0.254 e. The lowest BCUT2D eigenvalue weighted by atomic mass is 10.0. The Labute approximate surface area is 330 Å². The second-order valence-electron chi connectivity index (χ2n) is 13.8. The van der Waals surface area contributed by atoms with Gasteiger partial charge in [-0.1, -0.05) is 19.9 Å². The second-order valence-corrected chi connectivity index (χ2v) is 13.8. The van der Waals surface area contributed by atoms with Crippen molar-refractivity contribution in [2.24, 2.45) is 5.92 Å². The number of carbonyl (C=O) groups excluding carboxylic acids is 5. The number of methoxy groups -OCH3 is 2. The molecule has 2 bridgehead atoms. The standard InChI is InChI=1S/C41H49N7O9/c1-25(2)36-39(52)43-23-30-31(55-4)10-8-11-32(30)57-34-22-28(14-17-33(34)56-5)38(51)42-18-6-7-20-47(24-35(50)45-37(26(3)49)40(53)46-36)41(54)27-12-15-29(16-13-27)48-21-9-19-44-48/h8-17,19,21-22,25-26,36-37,49H,6-7,18,20,23-24H2,1-5H3,(H,42,51)(H,43,52)(H,45,50)(H,46,53)/t26-,36-,37+/m1/s1. The summed E-state index contributed by atoms with van der Waals surface area (Å²) in [5.41, 5.74) is 1.83. The molecule has 2 heterocycles. The Morgan fingerprint density at radius 2 is 1.61 bits per heavy atom. The average Bonchev–Trinajstić information content (AvgIpc) is 3.75. The van der Waals surface area contributed by atoms with E-state index < -0.39 is 54.3 Å². The number of fused-ring (bicyclic) bond motifs is 3. The lowest BCUT2D eigenvalue weighted by Crippen LogP contribution is -2.59. The lowest BCUT2D eigenvalue weighted by molar-refractivity contribution is -0.135. The molecule has 5 N–H and O–H groups in total. The molecule has 0 saturated carbocycles. The molecule has 0 fully saturated rings. The fourth-order valence-corrected chi connectivity index (χ4v) is 6.23. The van der Waals surface area contributed by atoms with Crippen molar-refractivity contribution in [3.63, 3.8) is 0 Å². The Balaban J connectivity index is 1.44. The highest BCUT2D eigenvalue weighted by atomic mass is 16.5. The number of ether oxygens (including phenoxy) is 3. The molecule has 1 aliphatic rings. The molecule has 0 aliphatic carbocycles. The smallest absolute Gasteiger partial charge is 0.254 e. The van der Waals surface area contributed by atoms with E-state index in [2.05, 4.69) is 26.4 Å². The van der Waals surface area contributed by atoms with Crippen LogP contribution in [0, 0.1) is 5.92 Å².